The third-order valence-electron chi connectivity index (χ3n) is 4.02. The lowest BCUT2D eigenvalue weighted by Gasteiger charge is -2.11. The number of hydrogen-bond donors (Lipinski definition) is 2. The summed E-state index contributed by atoms with van der Waals surface area (Å²) >= 11 is 6.16. The molecule has 1 amide bonds. The monoisotopic (exact) mass is 395 g/mol. The second-order valence-electron chi connectivity index (χ2n) is 5.90. The van der Waals surface area contributed by atoms with Crippen LogP contribution in [0, 0.1) is 0 Å². The van der Waals surface area contributed by atoms with Gasteiger partial charge in [-0.05, 0) is 29.8 Å². The smallest absolute Gasteiger partial charge is 0.339 e. The molecule has 7 heteroatoms. The van der Waals surface area contributed by atoms with Gasteiger partial charge in [-0.15, -0.1) is 0 Å². The van der Waals surface area contributed by atoms with Crippen LogP contribution in [0.2, 0.25) is 5.02 Å². The van der Waals surface area contributed by atoms with Crippen LogP contribution in [0.1, 0.15) is 26.3 Å². The fourth-order valence-corrected chi connectivity index (χ4v) is 2.78. The molecular formula is C21H18ClN3O3. The number of para-hydroxylation sites is 1. The number of nitrogens with zero attached hydrogens (tertiary/aromatic N) is 1. The molecule has 28 heavy (non-hydrogen) atoms. The number of anilines is 2. The van der Waals surface area contributed by atoms with Gasteiger partial charge in [0.25, 0.3) is 5.91 Å². The van der Waals surface area contributed by atoms with Crippen molar-refractivity contribution in [2.75, 3.05) is 17.7 Å². The van der Waals surface area contributed by atoms with Crippen molar-refractivity contribution in [3.8, 4) is 0 Å². The molecule has 0 bridgehead atoms. The highest BCUT2D eigenvalue weighted by atomic mass is 35.5. The van der Waals surface area contributed by atoms with Crippen molar-refractivity contribution in [3.05, 3.63) is 88.7 Å². The number of ether oxygens (including phenoxy) is 1. The quantitative estimate of drug-likeness (QED) is 0.605. The minimum Gasteiger partial charge on any atom is -0.465 e. The number of hydrogen-bond acceptors (Lipinski definition) is 5. The molecule has 0 spiro atoms. The third kappa shape index (κ3) is 4.66. The zero-order valence-corrected chi connectivity index (χ0v) is 15.9. The molecule has 0 saturated heterocycles. The van der Waals surface area contributed by atoms with E-state index in [1.165, 1.54) is 13.3 Å². The zero-order valence-electron chi connectivity index (χ0n) is 15.1. The molecule has 3 aromatic rings. The van der Waals surface area contributed by atoms with Crippen LogP contribution in [-0.2, 0) is 11.3 Å². The first-order valence-corrected chi connectivity index (χ1v) is 8.87. The van der Waals surface area contributed by atoms with Gasteiger partial charge in [-0.1, -0.05) is 41.9 Å². The normalized spacial score (nSPS) is 10.2. The fourth-order valence-electron chi connectivity index (χ4n) is 2.57. The Morgan fingerprint density at radius 2 is 1.82 bits per heavy atom. The highest BCUT2D eigenvalue weighted by molar-refractivity contribution is 6.31. The van der Waals surface area contributed by atoms with Crippen molar-refractivity contribution < 1.29 is 14.3 Å². The van der Waals surface area contributed by atoms with Gasteiger partial charge in [-0.2, -0.15) is 0 Å². The van der Waals surface area contributed by atoms with E-state index in [-0.39, 0.29) is 11.5 Å². The largest absolute Gasteiger partial charge is 0.465 e. The average Bonchev–Trinajstić information content (AvgIpc) is 2.73. The highest BCUT2D eigenvalue weighted by Gasteiger charge is 2.14. The molecule has 2 N–H and O–H groups in total. The molecule has 0 unspecified atom stereocenters. The van der Waals surface area contributed by atoms with E-state index in [4.69, 9.17) is 16.3 Å². The predicted octanol–water partition coefficient (Wildman–Crippen LogP) is 4.39. The van der Waals surface area contributed by atoms with E-state index in [9.17, 15) is 9.59 Å². The van der Waals surface area contributed by atoms with Gasteiger partial charge >= 0.3 is 5.97 Å². The number of nitrogens with one attached hydrogen (secondary N) is 2. The Balaban J connectivity index is 1.73. The van der Waals surface area contributed by atoms with Gasteiger partial charge in [0.15, 0.2) is 0 Å². The average molecular weight is 396 g/mol. The lowest BCUT2D eigenvalue weighted by atomic mass is 10.1. The Morgan fingerprint density at radius 3 is 2.61 bits per heavy atom. The van der Waals surface area contributed by atoms with E-state index in [1.807, 2.05) is 24.3 Å². The van der Waals surface area contributed by atoms with Crippen molar-refractivity contribution in [1.82, 2.24) is 4.98 Å². The van der Waals surface area contributed by atoms with Gasteiger partial charge in [-0.3, -0.25) is 9.78 Å². The third-order valence-corrected chi connectivity index (χ3v) is 4.39. The number of esters is 1. The molecule has 0 fully saturated rings. The summed E-state index contributed by atoms with van der Waals surface area (Å²) in [6.45, 7) is 0.498. The number of carbonyl (C=O) groups excluding carboxylic acids is 2. The molecule has 1 heterocycles. The lowest BCUT2D eigenvalue weighted by molar-refractivity contribution is 0.0602. The molecule has 2 aromatic carbocycles. The molecule has 0 saturated carbocycles. The lowest BCUT2D eigenvalue weighted by Crippen LogP contribution is -2.16. The van der Waals surface area contributed by atoms with Crippen molar-refractivity contribution in [3.63, 3.8) is 0 Å². The number of benzene rings is 2. The highest BCUT2D eigenvalue weighted by Crippen LogP contribution is 2.19. The summed E-state index contributed by atoms with van der Waals surface area (Å²) in [7, 11) is 1.29. The summed E-state index contributed by atoms with van der Waals surface area (Å²) in [5, 5.41) is 6.59. The molecule has 142 valence electrons. The van der Waals surface area contributed by atoms with E-state index in [0.29, 0.717) is 28.5 Å². The number of halogens is 1. The van der Waals surface area contributed by atoms with Crippen LogP contribution in [0.3, 0.4) is 0 Å². The van der Waals surface area contributed by atoms with E-state index in [0.717, 1.165) is 5.56 Å². The van der Waals surface area contributed by atoms with Crippen LogP contribution in [0.25, 0.3) is 0 Å². The van der Waals surface area contributed by atoms with Gasteiger partial charge in [0.1, 0.15) is 0 Å². The molecule has 6 nitrogen and oxygen atoms in total. The number of pyridine rings is 1. The van der Waals surface area contributed by atoms with Gasteiger partial charge in [0, 0.05) is 24.0 Å². The van der Waals surface area contributed by atoms with Crippen molar-refractivity contribution >= 4 is 34.9 Å². The van der Waals surface area contributed by atoms with Gasteiger partial charge in [-0.25, -0.2) is 4.79 Å². The first kappa shape index (κ1) is 19.4. The first-order chi connectivity index (χ1) is 13.6. The summed E-state index contributed by atoms with van der Waals surface area (Å²) in [6, 6.07) is 15.8. The van der Waals surface area contributed by atoms with Gasteiger partial charge in [0.05, 0.1) is 29.6 Å². The fraction of sp³-hybridized carbons (Fsp3) is 0.0952. The maximum Gasteiger partial charge on any atom is 0.339 e. The first-order valence-electron chi connectivity index (χ1n) is 8.49. The zero-order chi connectivity index (χ0) is 19.9. The van der Waals surface area contributed by atoms with Crippen LogP contribution in [0.15, 0.2) is 67.0 Å². The minimum atomic E-state index is -0.524. The number of rotatable bonds is 6. The summed E-state index contributed by atoms with van der Waals surface area (Å²) in [5.74, 6) is -0.908. The molecule has 0 aliphatic heterocycles. The van der Waals surface area contributed by atoms with E-state index < -0.39 is 5.97 Å². The Kier molecular flexibility index (Phi) is 6.24. The topological polar surface area (TPSA) is 80.3 Å². The summed E-state index contributed by atoms with van der Waals surface area (Å²) in [6.07, 6.45) is 3.08. The molecule has 0 aliphatic rings. The number of carbonyl (C=O) groups is 2. The van der Waals surface area contributed by atoms with E-state index in [1.54, 1.807) is 36.5 Å². The van der Waals surface area contributed by atoms with Gasteiger partial charge < -0.3 is 15.4 Å². The number of amides is 1. The van der Waals surface area contributed by atoms with Crippen molar-refractivity contribution in [2.45, 2.75) is 6.54 Å². The molecule has 0 radical (unpaired) electrons. The second kappa shape index (κ2) is 9.01. The van der Waals surface area contributed by atoms with E-state index >= 15 is 0 Å². The summed E-state index contributed by atoms with van der Waals surface area (Å²) in [4.78, 5) is 28.6. The SMILES string of the molecule is COC(=O)c1ccccc1NC(=O)c1cncc(NCc2ccccc2Cl)c1. The maximum atomic E-state index is 12.6. The van der Waals surface area contributed by atoms with Gasteiger partial charge in [0.2, 0.25) is 0 Å². The van der Waals surface area contributed by atoms with E-state index in [2.05, 4.69) is 15.6 Å². The van der Waals surface area contributed by atoms with Crippen molar-refractivity contribution in [2.24, 2.45) is 0 Å². The van der Waals surface area contributed by atoms with Crippen LogP contribution >= 0.6 is 11.6 Å². The Hall–Kier alpha value is -3.38. The molecular weight excluding hydrogens is 378 g/mol. The van der Waals surface area contributed by atoms with Crippen LogP contribution in [-0.4, -0.2) is 24.0 Å². The Morgan fingerprint density at radius 1 is 1.07 bits per heavy atom. The summed E-state index contributed by atoms with van der Waals surface area (Å²) < 4.78 is 4.74. The van der Waals surface area contributed by atoms with Crippen LogP contribution < -0.4 is 10.6 Å². The minimum absolute atomic E-state index is 0.277. The summed E-state index contributed by atoms with van der Waals surface area (Å²) in [5.41, 5.74) is 2.61. The van der Waals surface area contributed by atoms with Crippen LogP contribution in [0.5, 0.6) is 0 Å². The number of aromatic nitrogens is 1. The Labute approximate surface area is 167 Å². The predicted molar refractivity (Wildman–Crippen MR) is 109 cm³/mol. The van der Waals surface area contributed by atoms with Crippen LogP contribution in [0.4, 0.5) is 11.4 Å². The molecule has 0 aliphatic carbocycles. The molecule has 0 atom stereocenters. The second-order valence-corrected chi connectivity index (χ2v) is 6.31. The van der Waals surface area contributed by atoms with Crippen molar-refractivity contribution in [1.29, 1.82) is 0 Å². The number of methoxy groups -OCH3 is 1. The standard InChI is InChI=1S/C21H18ClN3O3/c1-28-21(27)17-7-3-5-9-19(17)25-20(26)15-10-16(13-23-11-15)24-12-14-6-2-4-8-18(14)22/h2-11,13,24H,12H2,1H3,(H,25,26). The molecule has 3 rings (SSSR count). The Bertz CT molecular complexity index is 1010. The maximum absolute atomic E-state index is 12.6. The molecule has 1 aromatic heterocycles.